The molecule has 0 bridgehead atoms. The van der Waals surface area contributed by atoms with Crippen LogP contribution in [-0.4, -0.2) is 47.9 Å². The summed E-state index contributed by atoms with van der Waals surface area (Å²) in [6.07, 6.45) is 1.23. The summed E-state index contributed by atoms with van der Waals surface area (Å²) in [7, 11) is 0. The van der Waals surface area contributed by atoms with Crippen LogP contribution in [0.4, 0.5) is 0 Å². The van der Waals surface area contributed by atoms with Gasteiger partial charge in [-0.25, -0.2) is 0 Å². The van der Waals surface area contributed by atoms with Crippen molar-refractivity contribution >= 4 is 29.8 Å². The molecule has 0 saturated heterocycles. The lowest BCUT2D eigenvalue weighted by molar-refractivity contribution is -0.135. The van der Waals surface area contributed by atoms with Gasteiger partial charge in [-0.05, 0) is 37.0 Å². The number of rotatable bonds is 14. The van der Waals surface area contributed by atoms with Crippen molar-refractivity contribution in [2.75, 3.05) is 0 Å². The molecule has 0 heterocycles. The van der Waals surface area contributed by atoms with Gasteiger partial charge in [0.05, 0.1) is 6.04 Å². The Labute approximate surface area is 202 Å². The second-order valence-electron chi connectivity index (χ2n) is 9.92. The Hall–Kier alpha value is -3.03. The largest absolute Gasteiger partial charge is 0.344 e. The van der Waals surface area contributed by atoms with Crippen LogP contribution in [0.3, 0.4) is 0 Å². The van der Waals surface area contributed by atoms with Crippen molar-refractivity contribution in [2.24, 2.45) is 17.8 Å². The van der Waals surface area contributed by atoms with E-state index in [9.17, 15) is 24.0 Å². The van der Waals surface area contributed by atoms with Crippen molar-refractivity contribution < 1.29 is 24.0 Å². The third-order valence-corrected chi connectivity index (χ3v) is 5.19. The molecule has 34 heavy (non-hydrogen) atoms. The highest BCUT2D eigenvalue weighted by atomic mass is 16.2. The third kappa shape index (κ3) is 10.3. The van der Waals surface area contributed by atoms with Crippen LogP contribution >= 0.6 is 0 Å². The summed E-state index contributed by atoms with van der Waals surface area (Å²) in [5, 5.41) is 7.97. The smallest absolute Gasteiger partial charge is 0.284 e. The van der Waals surface area contributed by atoms with Gasteiger partial charge in [-0.1, -0.05) is 71.9 Å². The minimum atomic E-state index is -0.947. The molecule has 8 heteroatoms. The summed E-state index contributed by atoms with van der Waals surface area (Å²) in [4.78, 5) is 61.6. The zero-order chi connectivity index (χ0) is 25.8. The van der Waals surface area contributed by atoms with Gasteiger partial charge in [-0.15, -0.1) is 0 Å². The van der Waals surface area contributed by atoms with Crippen molar-refractivity contribution in [2.45, 2.75) is 78.9 Å². The van der Waals surface area contributed by atoms with Crippen LogP contribution in [0.1, 0.15) is 71.2 Å². The normalized spacial score (nSPS) is 13.8. The van der Waals surface area contributed by atoms with Gasteiger partial charge in [0.15, 0.2) is 5.78 Å². The van der Waals surface area contributed by atoms with Gasteiger partial charge in [0, 0.05) is 5.56 Å². The minimum Gasteiger partial charge on any atom is -0.344 e. The maximum absolute atomic E-state index is 13.2. The molecule has 3 amide bonds. The highest BCUT2D eigenvalue weighted by molar-refractivity contribution is 6.24. The van der Waals surface area contributed by atoms with E-state index in [1.807, 2.05) is 47.6 Å². The molecule has 0 aliphatic carbocycles. The SMILES string of the molecule is CC(C)C[C@H](NC(=O)C=O)C(=O)N[C@@H](CC(C)C)C(=O)N[C@@H](CC(C)C)C(=O)c1ccccc1. The first-order valence-corrected chi connectivity index (χ1v) is 11.9. The monoisotopic (exact) mass is 473 g/mol. The van der Waals surface area contributed by atoms with E-state index < -0.39 is 35.8 Å². The van der Waals surface area contributed by atoms with E-state index >= 15 is 0 Å². The molecule has 1 aromatic rings. The van der Waals surface area contributed by atoms with Crippen molar-refractivity contribution in [3.8, 4) is 0 Å². The van der Waals surface area contributed by atoms with Crippen LogP contribution < -0.4 is 16.0 Å². The number of Topliss-reactive ketones (excluding diaryl/α,β-unsaturated/α-hetero) is 1. The molecular weight excluding hydrogens is 434 g/mol. The van der Waals surface area contributed by atoms with Gasteiger partial charge < -0.3 is 16.0 Å². The molecule has 1 aromatic carbocycles. The Kier molecular flexibility index (Phi) is 12.2. The van der Waals surface area contributed by atoms with Gasteiger partial charge >= 0.3 is 0 Å². The van der Waals surface area contributed by atoms with Crippen LogP contribution in [0, 0.1) is 17.8 Å². The summed E-state index contributed by atoms with van der Waals surface area (Å²) in [6, 6.07) is 6.20. The van der Waals surface area contributed by atoms with Gasteiger partial charge in [-0.2, -0.15) is 0 Å². The number of nitrogens with one attached hydrogen (secondary N) is 3. The second kappa shape index (κ2) is 14.3. The molecule has 0 fully saturated rings. The van der Waals surface area contributed by atoms with E-state index in [1.54, 1.807) is 24.3 Å². The highest BCUT2D eigenvalue weighted by Crippen LogP contribution is 2.14. The quantitative estimate of drug-likeness (QED) is 0.218. The number of aldehydes is 1. The molecule has 0 saturated carbocycles. The Morgan fingerprint density at radius 1 is 0.676 bits per heavy atom. The number of amides is 3. The minimum absolute atomic E-state index is 0.0685. The summed E-state index contributed by atoms with van der Waals surface area (Å²) in [5.74, 6) is -1.77. The summed E-state index contributed by atoms with van der Waals surface area (Å²) >= 11 is 0. The fourth-order valence-corrected chi connectivity index (χ4v) is 3.66. The number of ketones is 1. The van der Waals surface area contributed by atoms with Crippen molar-refractivity contribution in [3.05, 3.63) is 35.9 Å². The summed E-state index contributed by atoms with van der Waals surface area (Å²) < 4.78 is 0. The topological polar surface area (TPSA) is 121 Å². The molecule has 1 rings (SSSR count). The number of carbonyl (C=O) groups is 5. The van der Waals surface area contributed by atoms with Crippen molar-refractivity contribution in [1.29, 1.82) is 0 Å². The first-order chi connectivity index (χ1) is 15.9. The van der Waals surface area contributed by atoms with E-state index in [1.165, 1.54) is 0 Å². The van der Waals surface area contributed by atoms with Gasteiger partial charge in [0.25, 0.3) is 5.91 Å². The van der Waals surface area contributed by atoms with Crippen LogP contribution in [0.5, 0.6) is 0 Å². The molecule has 0 unspecified atom stereocenters. The lowest BCUT2D eigenvalue weighted by Gasteiger charge is -2.27. The maximum atomic E-state index is 13.2. The number of benzene rings is 1. The molecular formula is C26H39N3O5. The van der Waals surface area contributed by atoms with Crippen LogP contribution in [0.2, 0.25) is 0 Å². The first-order valence-electron chi connectivity index (χ1n) is 11.9. The summed E-state index contributed by atoms with van der Waals surface area (Å²) in [6.45, 7) is 11.6. The Bertz CT molecular complexity index is 836. The highest BCUT2D eigenvalue weighted by Gasteiger charge is 2.31. The summed E-state index contributed by atoms with van der Waals surface area (Å²) in [5.41, 5.74) is 0.506. The zero-order valence-electron chi connectivity index (χ0n) is 21.1. The molecule has 0 aromatic heterocycles. The van der Waals surface area contributed by atoms with Crippen LogP contribution in [-0.2, 0) is 19.2 Å². The standard InChI is InChI=1S/C26H39N3O5/c1-16(2)12-20(24(32)19-10-8-7-9-11-19)28-26(34)22(14-18(5)6)29-25(33)21(13-17(3)4)27-23(31)15-30/h7-11,15-18,20-22H,12-14H2,1-6H3,(H,27,31)(H,28,34)(H,29,33)/t20-,21-,22-/m0/s1. The van der Waals surface area contributed by atoms with E-state index in [0.29, 0.717) is 24.8 Å². The molecule has 0 radical (unpaired) electrons. The molecule has 0 aliphatic rings. The van der Waals surface area contributed by atoms with E-state index in [-0.39, 0.29) is 29.8 Å². The number of carbonyl (C=O) groups excluding carboxylic acids is 5. The fraction of sp³-hybridized carbons (Fsp3) is 0.577. The molecule has 8 nitrogen and oxygen atoms in total. The average Bonchev–Trinajstić information content (AvgIpc) is 2.76. The van der Waals surface area contributed by atoms with Crippen molar-refractivity contribution in [3.63, 3.8) is 0 Å². The van der Waals surface area contributed by atoms with E-state index in [2.05, 4.69) is 16.0 Å². The maximum Gasteiger partial charge on any atom is 0.284 e. The van der Waals surface area contributed by atoms with Crippen molar-refractivity contribution in [1.82, 2.24) is 16.0 Å². The van der Waals surface area contributed by atoms with Gasteiger partial charge in [-0.3, -0.25) is 24.0 Å². The Morgan fingerprint density at radius 3 is 1.53 bits per heavy atom. The fourth-order valence-electron chi connectivity index (χ4n) is 3.66. The Balaban J connectivity index is 3.08. The van der Waals surface area contributed by atoms with Gasteiger partial charge in [0.2, 0.25) is 18.1 Å². The second-order valence-corrected chi connectivity index (χ2v) is 9.92. The molecule has 3 N–H and O–H groups in total. The lowest BCUT2D eigenvalue weighted by Crippen LogP contribution is -2.56. The van der Waals surface area contributed by atoms with E-state index in [4.69, 9.17) is 0 Å². The van der Waals surface area contributed by atoms with Gasteiger partial charge in [0.1, 0.15) is 12.1 Å². The third-order valence-electron chi connectivity index (χ3n) is 5.19. The molecule has 0 aliphatic heterocycles. The molecule has 188 valence electrons. The molecule has 3 atom stereocenters. The Morgan fingerprint density at radius 2 is 1.09 bits per heavy atom. The van der Waals surface area contributed by atoms with Crippen LogP contribution in [0.15, 0.2) is 30.3 Å². The number of hydrogen-bond donors (Lipinski definition) is 3. The predicted molar refractivity (Wildman–Crippen MR) is 131 cm³/mol. The molecule has 0 spiro atoms. The average molecular weight is 474 g/mol. The lowest BCUT2D eigenvalue weighted by atomic mass is 9.95. The zero-order valence-corrected chi connectivity index (χ0v) is 21.1. The number of hydrogen-bond acceptors (Lipinski definition) is 5. The first kappa shape index (κ1) is 29.0. The van der Waals surface area contributed by atoms with E-state index in [0.717, 1.165) is 0 Å². The predicted octanol–water partition coefficient (Wildman–Crippen LogP) is 2.66. The van der Waals surface area contributed by atoms with Crippen LogP contribution in [0.25, 0.3) is 0 Å².